The van der Waals surface area contributed by atoms with Crippen LogP contribution in [0.3, 0.4) is 0 Å². The van der Waals surface area contributed by atoms with Crippen molar-refractivity contribution >= 4 is 17.7 Å². The second-order valence-electron chi connectivity index (χ2n) is 2.93. The van der Waals surface area contributed by atoms with E-state index < -0.39 is 5.97 Å². The average Bonchev–Trinajstić information content (AvgIpc) is 1.84. The van der Waals surface area contributed by atoms with E-state index in [1.807, 2.05) is 6.92 Å². The fourth-order valence-corrected chi connectivity index (χ4v) is 2.30. The number of nitrogens with two attached hydrogens (primary N) is 1. The zero-order chi connectivity index (χ0) is 9.56. The predicted octanol–water partition coefficient (Wildman–Crippen LogP) is 1.32. The molecule has 3 nitrogen and oxygen atoms in total. The van der Waals surface area contributed by atoms with Crippen molar-refractivity contribution in [2.75, 3.05) is 6.54 Å². The Morgan fingerprint density at radius 1 is 1.50 bits per heavy atom. The smallest absolute Gasteiger partial charge is 0.304 e. The summed E-state index contributed by atoms with van der Waals surface area (Å²) < 4.78 is 0. The third-order valence-electron chi connectivity index (χ3n) is 1.50. The van der Waals surface area contributed by atoms with Crippen molar-refractivity contribution in [2.24, 2.45) is 5.73 Å². The second-order valence-corrected chi connectivity index (χ2v) is 4.81. The largest absolute Gasteiger partial charge is 0.481 e. The van der Waals surface area contributed by atoms with Crippen LogP contribution < -0.4 is 5.73 Å². The van der Waals surface area contributed by atoms with Crippen LogP contribution in [0, 0.1) is 0 Å². The highest BCUT2D eigenvalue weighted by molar-refractivity contribution is 8.00. The van der Waals surface area contributed by atoms with Crippen LogP contribution in [0.25, 0.3) is 0 Å². The van der Waals surface area contributed by atoms with E-state index in [0.717, 1.165) is 6.42 Å². The normalized spacial score (nSPS) is 15.6. The van der Waals surface area contributed by atoms with E-state index in [0.29, 0.717) is 11.8 Å². The molecule has 0 aromatic carbocycles. The van der Waals surface area contributed by atoms with Gasteiger partial charge < -0.3 is 10.8 Å². The van der Waals surface area contributed by atoms with Gasteiger partial charge in [-0.15, -0.1) is 0 Å². The van der Waals surface area contributed by atoms with Crippen molar-refractivity contribution in [1.29, 1.82) is 0 Å². The molecule has 0 heterocycles. The summed E-state index contributed by atoms with van der Waals surface area (Å²) in [4.78, 5) is 10.3. The molecule has 2 unspecified atom stereocenters. The van der Waals surface area contributed by atoms with Crippen LogP contribution in [-0.2, 0) is 4.79 Å². The Kier molecular flexibility index (Phi) is 6.20. The van der Waals surface area contributed by atoms with E-state index in [2.05, 4.69) is 6.92 Å². The summed E-state index contributed by atoms with van der Waals surface area (Å²) in [5.41, 5.74) is 5.38. The summed E-state index contributed by atoms with van der Waals surface area (Å²) >= 11 is 1.69. The summed E-state index contributed by atoms with van der Waals surface area (Å²) in [7, 11) is 0. The zero-order valence-corrected chi connectivity index (χ0v) is 8.43. The molecule has 0 fully saturated rings. The topological polar surface area (TPSA) is 63.3 Å². The quantitative estimate of drug-likeness (QED) is 0.664. The van der Waals surface area contributed by atoms with Gasteiger partial charge in [0.2, 0.25) is 0 Å². The molecule has 0 saturated heterocycles. The lowest BCUT2D eigenvalue weighted by molar-refractivity contribution is -0.136. The van der Waals surface area contributed by atoms with E-state index in [1.54, 1.807) is 11.8 Å². The third kappa shape index (κ3) is 6.49. The summed E-state index contributed by atoms with van der Waals surface area (Å²) in [6.45, 7) is 4.69. The summed E-state index contributed by atoms with van der Waals surface area (Å²) in [5.74, 6) is -0.727. The van der Waals surface area contributed by atoms with Gasteiger partial charge in [-0.3, -0.25) is 4.79 Å². The SMILES string of the molecule is CC(CCN)SC(C)CC(=O)O. The average molecular weight is 191 g/mol. The summed E-state index contributed by atoms with van der Waals surface area (Å²) in [6.07, 6.45) is 1.19. The van der Waals surface area contributed by atoms with Gasteiger partial charge in [0.1, 0.15) is 0 Å². The Labute approximate surface area is 77.7 Å². The number of carbonyl (C=O) groups is 1. The van der Waals surface area contributed by atoms with Gasteiger partial charge in [-0.25, -0.2) is 0 Å². The Bertz CT molecular complexity index is 141. The van der Waals surface area contributed by atoms with Crippen LogP contribution in [0.15, 0.2) is 0 Å². The molecular formula is C8H17NO2S. The maximum absolute atomic E-state index is 10.3. The van der Waals surface area contributed by atoms with Crippen LogP contribution in [-0.4, -0.2) is 28.1 Å². The first-order valence-electron chi connectivity index (χ1n) is 4.13. The number of carboxylic acid groups (broad SMARTS) is 1. The van der Waals surface area contributed by atoms with E-state index in [9.17, 15) is 4.79 Å². The molecule has 4 heteroatoms. The molecule has 3 N–H and O–H groups in total. The van der Waals surface area contributed by atoms with Gasteiger partial charge >= 0.3 is 5.97 Å². The van der Waals surface area contributed by atoms with Crippen LogP contribution in [0.2, 0.25) is 0 Å². The monoisotopic (exact) mass is 191 g/mol. The van der Waals surface area contributed by atoms with E-state index in [4.69, 9.17) is 10.8 Å². The van der Waals surface area contributed by atoms with Gasteiger partial charge in [0.25, 0.3) is 0 Å². The lowest BCUT2D eigenvalue weighted by atomic mass is 10.3. The molecular weight excluding hydrogens is 174 g/mol. The molecule has 72 valence electrons. The number of hydrogen-bond acceptors (Lipinski definition) is 3. The summed E-state index contributed by atoms with van der Waals surface area (Å²) in [6, 6.07) is 0. The Balaban J connectivity index is 3.53. The minimum Gasteiger partial charge on any atom is -0.481 e. The molecule has 0 amide bonds. The van der Waals surface area contributed by atoms with Gasteiger partial charge in [0.05, 0.1) is 6.42 Å². The van der Waals surface area contributed by atoms with Gasteiger partial charge in [-0.2, -0.15) is 11.8 Å². The molecule has 0 aliphatic rings. The number of rotatable bonds is 6. The van der Waals surface area contributed by atoms with Gasteiger partial charge in [0.15, 0.2) is 0 Å². The lowest BCUT2D eigenvalue weighted by Gasteiger charge is -2.14. The van der Waals surface area contributed by atoms with Crippen LogP contribution in [0.1, 0.15) is 26.7 Å². The molecule has 0 aliphatic carbocycles. The number of carboxylic acids is 1. The third-order valence-corrected chi connectivity index (χ3v) is 2.83. The molecule has 0 radical (unpaired) electrons. The standard InChI is InChI=1S/C8H17NO2S/c1-6(3-4-9)12-7(2)5-8(10)11/h6-7H,3-5,9H2,1-2H3,(H,10,11). The Hall–Kier alpha value is -0.220. The first-order chi connectivity index (χ1) is 5.56. The molecule has 0 bridgehead atoms. The maximum Gasteiger partial charge on any atom is 0.304 e. The molecule has 0 rings (SSSR count). The van der Waals surface area contributed by atoms with Crippen LogP contribution in [0.4, 0.5) is 0 Å². The molecule has 12 heavy (non-hydrogen) atoms. The maximum atomic E-state index is 10.3. The first kappa shape index (κ1) is 11.8. The van der Waals surface area contributed by atoms with Crippen molar-refractivity contribution in [1.82, 2.24) is 0 Å². The van der Waals surface area contributed by atoms with Gasteiger partial charge in [-0.05, 0) is 13.0 Å². The van der Waals surface area contributed by atoms with Crippen molar-refractivity contribution in [3.63, 3.8) is 0 Å². The van der Waals surface area contributed by atoms with E-state index >= 15 is 0 Å². The molecule has 0 aromatic heterocycles. The van der Waals surface area contributed by atoms with Crippen molar-refractivity contribution in [3.8, 4) is 0 Å². The highest BCUT2D eigenvalue weighted by Crippen LogP contribution is 2.21. The van der Waals surface area contributed by atoms with E-state index in [1.165, 1.54) is 0 Å². The zero-order valence-electron chi connectivity index (χ0n) is 7.62. The number of thioether (sulfide) groups is 1. The molecule has 0 spiro atoms. The summed E-state index contributed by atoms with van der Waals surface area (Å²) in [5, 5.41) is 9.14. The molecule has 0 aromatic rings. The fourth-order valence-electron chi connectivity index (χ4n) is 0.993. The van der Waals surface area contributed by atoms with Crippen molar-refractivity contribution in [2.45, 2.75) is 37.2 Å². The predicted molar refractivity (Wildman–Crippen MR) is 52.4 cm³/mol. The highest BCUT2D eigenvalue weighted by Gasteiger charge is 2.11. The lowest BCUT2D eigenvalue weighted by Crippen LogP contribution is -2.13. The van der Waals surface area contributed by atoms with E-state index in [-0.39, 0.29) is 11.7 Å². The minimum atomic E-state index is -0.727. The fraction of sp³-hybridized carbons (Fsp3) is 0.875. The van der Waals surface area contributed by atoms with Crippen LogP contribution in [0.5, 0.6) is 0 Å². The molecule has 0 aliphatic heterocycles. The van der Waals surface area contributed by atoms with Gasteiger partial charge in [-0.1, -0.05) is 13.8 Å². The van der Waals surface area contributed by atoms with Crippen molar-refractivity contribution in [3.05, 3.63) is 0 Å². The molecule has 2 atom stereocenters. The second kappa shape index (κ2) is 6.31. The van der Waals surface area contributed by atoms with Crippen molar-refractivity contribution < 1.29 is 9.90 Å². The first-order valence-corrected chi connectivity index (χ1v) is 5.07. The Morgan fingerprint density at radius 3 is 2.50 bits per heavy atom. The minimum absolute atomic E-state index is 0.184. The Morgan fingerprint density at radius 2 is 2.08 bits per heavy atom. The number of hydrogen-bond donors (Lipinski definition) is 2. The molecule has 0 saturated carbocycles. The van der Waals surface area contributed by atoms with Crippen LogP contribution >= 0.6 is 11.8 Å². The van der Waals surface area contributed by atoms with Gasteiger partial charge in [0, 0.05) is 10.5 Å². The highest BCUT2D eigenvalue weighted by atomic mass is 32.2. The number of aliphatic carboxylic acids is 1.